The highest BCUT2D eigenvalue weighted by atomic mass is 16.4. The van der Waals surface area contributed by atoms with Crippen LogP contribution in [0.2, 0.25) is 0 Å². The monoisotopic (exact) mass is 228 g/mol. The Balaban J connectivity index is 4.02. The third-order valence-electron chi connectivity index (χ3n) is 3.61. The summed E-state index contributed by atoms with van der Waals surface area (Å²) in [6.45, 7) is 6.73. The average molecular weight is 228 g/mol. The molecule has 0 heterocycles. The minimum Gasteiger partial charge on any atom is -0.481 e. The number of carboxylic acid groups (broad SMARTS) is 1. The van der Waals surface area contributed by atoms with E-state index in [0.717, 1.165) is 24.7 Å². The molecule has 0 aliphatic carbocycles. The van der Waals surface area contributed by atoms with Crippen molar-refractivity contribution in [2.45, 2.75) is 72.1 Å². The summed E-state index contributed by atoms with van der Waals surface area (Å²) in [6.07, 6.45) is 8.56. The summed E-state index contributed by atoms with van der Waals surface area (Å²) in [6, 6.07) is 0. The zero-order valence-corrected chi connectivity index (χ0v) is 11.2. The lowest BCUT2D eigenvalue weighted by Crippen LogP contribution is -2.14. The van der Waals surface area contributed by atoms with E-state index in [-0.39, 0.29) is 0 Å². The van der Waals surface area contributed by atoms with Crippen molar-refractivity contribution >= 4 is 5.97 Å². The van der Waals surface area contributed by atoms with Crippen molar-refractivity contribution in [3.8, 4) is 0 Å². The molecule has 0 fully saturated rings. The van der Waals surface area contributed by atoms with Crippen LogP contribution in [0.3, 0.4) is 0 Å². The Labute approximate surface area is 100 Å². The minimum absolute atomic E-state index is 0.336. The van der Waals surface area contributed by atoms with Crippen LogP contribution in [0.1, 0.15) is 72.1 Å². The van der Waals surface area contributed by atoms with E-state index in [4.69, 9.17) is 5.11 Å². The molecule has 0 amide bonds. The van der Waals surface area contributed by atoms with Gasteiger partial charge in [0.05, 0.1) is 0 Å². The Bertz CT molecular complexity index is 174. The van der Waals surface area contributed by atoms with Gasteiger partial charge in [0.15, 0.2) is 0 Å². The quantitative estimate of drug-likeness (QED) is 0.598. The number of rotatable bonds is 10. The van der Waals surface area contributed by atoms with Crippen molar-refractivity contribution in [2.75, 3.05) is 0 Å². The average Bonchev–Trinajstić information content (AvgIpc) is 2.26. The van der Waals surface area contributed by atoms with Gasteiger partial charge in [-0.15, -0.1) is 0 Å². The van der Waals surface area contributed by atoms with Crippen LogP contribution in [0.4, 0.5) is 0 Å². The zero-order valence-electron chi connectivity index (χ0n) is 11.2. The number of hydrogen-bond donors (Lipinski definition) is 1. The van der Waals surface area contributed by atoms with Crippen molar-refractivity contribution in [3.05, 3.63) is 0 Å². The Hall–Kier alpha value is -0.530. The van der Waals surface area contributed by atoms with Crippen LogP contribution in [-0.4, -0.2) is 11.1 Å². The molecule has 0 bridgehead atoms. The highest BCUT2D eigenvalue weighted by Gasteiger charge is 2.17. The molecular formula is C14H28O2. The van der Waals surface area contributed by atoms with Gasteiger partial charge in [-0.2, -0.15) is 0 Å². The summed E-state index contributed by atoms with van der Waals surface area (Å²) in [4.78, 5) is 10.5. The first-order chi connectivity index (χ1) is 7.65. The Kier molecular flexibility index (Phi) is 9.36. The van der Waals surface area contributed by atoms with E-state index in [2.05, 4.69) is 20.8 Å². The van der Waals surface area contributed by atoms with E-state index in [0.29, 0.717) is 6.42 Å². The Morgan fingerprint density at radius 2 is 1.56 bits per heavy atom. The SMILES string of the molecule is CCCCC(CCCC(=O)O)C(CC)CC. The maximum atomic E-state index is 10.5. The molecule has 1 N–H and O–H groups in total. The highest BCUT2D eigenvalue weighted by molar-refractivity contribution is 5.66. The van der Waals surface area contributed by atoms with Crippen LogP contribution >= 0.6 is 0 Å². The predicted molar refractivity (Wildman–Crippen MR) is 68.6 cm³/mol. The first kappa shape index (κ1) is 15.5. The van der Waals surface area contributed by atoms with E-state index in [9.17, 15) is 4.79 Å². The molecule has 0 aliphatic heterocycles. The van der Waals surface area contributed by atoms with Gasteiger partial charge in [-0.1, -0.05) is 52.9 Å². The third-order valence-corrected chi connectivity index (χ3v) is 3.61. The van der Waals surface area contributed by atoms with Crippen LogP contribution in [0.25, 0.3) is 0 Å². The summed E-state index contributed by atoms with van der Waals surface area (Å²) >= 11 is 0. The van der Waals surface area contributed by atoms with Crippen LogP contribution < -0.4 is 0 Å². The van der Waals surface area contributed by atoms with Crippen molar-refractivity contribution in [3.63, 3.8) is 0 Å². The number of hydrogen-bond acceptors (Lipinski definition) is 1. The smallest absolute Gasteiger partial charge is 0.303 e. The van der Waals surface area contributed by atoms with E-state index in [1.807, 2.05) is 0 Å². The molecule has 1 atom stereocenters. The number of aliphatic carboxylic acids is 1. The molecule has 0 aromatic heterocycles. The summed E-state index contributed by atoms with van der Waals surface area (Å²) in [5.74, 6) is 0.883. The maximum Gasteiger partial charge on any atom is 0.303 e. The molecule has 0 aromatic rings. The first-order valence-corrected chi connectivity index (χ1v) is 6.87. The van der Waals surface area contributed by atoms with Crippen LogP contribution in [0.15, 0.2) is 0 Å². The van der Waals surface area contributed by atoms with Gasteiger partial charge in [0.2, 0.25) is 0 Å². The van der Waals surface area contributed by atoms with Crippen LogP contribution in [-0.2, 0) is 4.79 Å². The summed E-state index contributed by atoms with van der Waals surface area (Å²) in [5, 5.41) is 8.66. The van der Waals surface area contributed by atoms with E-state index < -0.39 is 5.97 Å². The third kappa shape index (κ3) is 6.86. The molecule has 0 aromatic carbocycles. The molecule has 16 heavy (non-hydrogen) atoms. The van der Waals surface area contributed by atoms with Crippen LogP contribution in [0.5, 0.6) is 0 Å². The first-order valence-electron chi connectivity index (χ1n) is 6.87. The van der Waals surface area contributed by atoms with E-state index in [1.54, 1.807) is 0 Å². The Morgan fingerprint density at radius 3 is 2.00 bits per heavy atom. The summed E-state index contributed by atoms with van der Waals surface area (Å²) in [5.41, 5.74) is 0. The van der Waals surface area contributed by atoms with Crippen LogP contribution in [0, 0.1) is 11.8 Å². The van der Waals surface area contributed by atoms with Gasteiger partial charge >= 0.3 is 5.97 Å². The van der Waals surface area contributed by atoms with Crippen molar-refractivity contribution in [1.29, 1.82) is 0 Å². The topological polar surface area (TPSA) is 37.3 Å². The molecule has 2 nitrogen and oxygen atoms in total. The highest BCUT2D eigenvalue weighted by Crippen LogP contribution is 2.29. The zero-order chi connectivity index (χ0) is 12.4. The number of carbonyl (C=O) groups is 1. The largest absolute Gasteiger partial charge is 0.481 e. The molecule has 0 spiro atoms. The molecule has 0 aliphatic rings. The maximum absolute atomic E-state index is 10.5. The van der Waals surface area contributed by atoms with Crippen molar-refractivity contribution < 1.29 is 9.90 Å². The summed E-state index contributed by atoms with van der Waals surface area (Å²) in [7, 11) is 0. The Morgan fingerprint density at radius 1 is 1.00 bits per heavy atom. The normalized spacial score (nSPS) is 13.0. The molecule has 1 unspecified atom stereocenters. The molecule has 96 valence electrons. The molecular weight excluding hydrogens is 200 g/mol. The van der Waals surface area contributed by atoms with Gasteiger partial charge in [-0.3, -0.25) is 4.79 Å². The molecule has 0 saturated carbocycles. The lowest BCUT2D eigenvalue weighted by atomic mass is 9.81. The van der Waals surface area contributed by atoms with Crippen molar-refractivity contribution in [2.24, 2.45) is 11.8 Å². The second-order valence-electron chi connectivity index (χ2n) is 4.76. The fraction of sp³-hybridized carbons (Fsp3) is 0.929. The molecule has 0 rings (SSSR count). The van der Waals surface area contributed by atoms with Gasteiger partial charge in [0.25, 0.3) is 0 Å². The molecule has 0 radical (unpaired) electrons. The van der Waals surface area contributed by atoms with Gasteiger partial charge in [0.1, 0.15) is 0 Å². The second kappa shape index (κ2) is 9.68. The lowest BCUT2D eigenvalue weighted by Gasteiger charge is -2.25. The van der Waals surface area contributed by atoms with E-state index >= 15 is 0 Å². The summed E-state index contributed by atoms with van der Waals surface area (Å²) < 4.78 is 0. The van der Waals surface area contributed by atoms with E-state index in [1.165, 1.54) is 32.1 Å². The fourth-order valence-corrected chi connectivity index (χ4v) is 2.55. The van der Waals surface area contributed by atoms with Gasteiger partial charge in [-0.05, 0) is 24.7 Å². The second-order valence-corrected chi connectivity index (χ2v) is 4.76. The fourth-order valence-electron chi connectivity index (χ4n) is 2.55. The number of unbranched alkanes of at least 4 members (excludes halogenated alkanes) is 1. The van der Waals surface area contributed by atoms with Crippen molar-refractivity contribution in [1.82, 2.24) is 0 Å². The standard InChI is InChI=1S/C14H28O2/c1-4-7-9-13(12(5-2)6-3)10-8-11-14(15)16/h12-13H,4-11H2,1-3H3,(H,15,16). The van der Waals surface area contributed by atoms with Gasteiger partial charge < -0.3 is 5.11 Å². The molecule has 0 saturated heterocycles. The molecule has 2 heteroatoms. The lowest BCUT2D eigenvalue weighted by molar-refractivity contribution is -0.137. The number of carboxylic acids is 1. The van der Waals surface area contributed by atoms with Gasteiger partial charge in [0, 0.05) is 6.42 Å². The van der Waals surface area contributed by atoms with Gasteiger partial charge in [-0.25, -0.2) is 0 Å². The minimum atomic E-state index is -0.654. The predicted octanol–water partition coefficient (Wildman–Crippen LogP) is 4.48.